The van der Waals surface area contributed by atoms with Gasteiger partial charge in [-0.25, -0.2) is 0 Å². The van der Waals surface area contributed by atoms with E-state index in [2.05, 4.69) is 0 Å². The second-order valence-electron chi connectivity index (χ2n) is 6.23. The highest BCUT2D eigenvalue weighted by atomic mass is 19.4. The van der Waals surface area contributed by atoms with Gasteiger partial charge in [0.1, 0.15) is 12.4 Å². The first-order chi connectivity index (χ1) is 12.3. The van der Waals surface area contributed by atoms with Gasteiger partial charge in [0.15, 0.2) is 0 Å². The molecule has 0 bridgehead atoms. The van der Waals surface area contributed by atoms with Crippen LogP contribution < -0.4 is 4.74 Å². The fourth-order valence-corrected chi connectivity index (χ4v) is 2.85. The first-order valence-electron chi connectivity index (χ1n) is 8.29. The Morgan fingerprint density at radius 3 is 2.85 bits per heavy atom. The number of morpholine rings is 1. The standard InChI is InChI=1S/C17H23F3N2O4/c1-21(12-16(23)24)10-13-11-22(6-8-25-13)7-9-26-15-5-3-2-4-14(15)17(18,19)20/h2-5,13H,6-12H2,1H3,(H,23,24). The molecule has 0 spiro atoms. The van der Waals surface area contributed by atoms with Crippen molar-refractivity contribution in [1.82, 2.24) is 9.80 Å². The van der Waals surface area contributed by atoms with Crippen molar-refractivity contribution in [3.8, 4) is 5.75 Å². The smallest absolute Gasteiger partial charge is 0.419 e. The quantitative estimate of drug-likeness (QED) is 0.747. The molecule has 1 saturated heterocycles. The van der Waals surface area contributed by atoms with Gasteiger partial charge in [0.25, 0.3) is 0 Å². The predicted molar refractivity (Wildman–Crippen MR) is 88.3 cm³/mol. The highest BCUT2D eigenvalue weighted by Crippen LogP contribution is 2.35. The summed E-state index contributed by atoms with van der Waals surface area (Å²) in [7, 11) is 1.70. The Morgan fingerprint density at radius 2 is 2.15 bits per heavy atom. The van der Waals surface area contributed by atoms with E-state index in [4.69, 9.17) is 14.6 Å². The van der Waals surface area contributed by atoms with Crippen LogP contribution in [0.25, 0.3) is 0 Å². The highest BCUT2D eigenvalue weighted by molar-refractivity contribution is 5.69. The van der Waals surface area contributed by atoms with Gasteiger partial charge in [0.05, 0.1) is 24.8 Å². The molecule has 1 unspecified atom stereocenters. The van der Waals surface area contributed by atoms with Crippen molar-refractivity contribution in [2.24, 2.45) is 0 Å². The van der Waals surface area contributed by atoms with Crippen LogP contribution in [0.2, 0.25) is 0 Å². The van der Waals surface area contributed by atoms with Crippen molar-refractivity contribution in [3.63, 3.8) is 0 Å². The third kappa shape index (κ3) is 6.47. The summed E-state index contributed by atoms with van der Waals surface area (Å²) in [5.74, 6) is -1.08. The number of alkyl halides is 3. The number of rotatable bonds is 8. The van der Waals surface area contributed by atoms with E-state index in [0.29, 0.717) is 32.8 Å². The maximum absolute atomic E-state index is 12.9. The molecule has 1 fully saturated rings. The predicted octanol–water partition coefficient (Wildman–Crippen LogP) is 1.80. The summed E-state index contributed by atoms with van der Waals surface area (Å²) < 4.78 is 49.8. The van der Waals surface area contributed by atoms with Gasteiger partial charge in [-0.3, -0.25) is 14.6 Å². The molecule has 1 aromatic rings. The van der Waals surface area contributed by atoms with Crippen LogP contribution in [-0.2, 0) is 15.7 Å². The summed E-state index contributed by atoms with van der Waals surface area (Å²) in [6.45, 7) is 2.72. The Morgan fingerprint density at radius 1 is 1.42 bits per heavy atom. The van der Waals surface area contributed by atoms with Gasteiger partial charge in [-0.05, 0) is 19.2 Å². The van der Waals surface area contributed by atoms with E-state index in [1.807, 2.05) is 4.90 Å². The molecule has 1 heterocycles. The summed E-state index contributed by atoms with van der Waals surface area (Å²) in [4.78, 5) is 14.4. The maximum atomic E-state index is 12.9. The number of carboxylic acids is 1. The first kappa shape index (κ1) is 20.5. The minimum atomic E-state index is -4.45. The Balaban J connectivity index is 1.80. The molecule has 1 atom stereocenters. The molecule has 0 aromatic heterocycles. The van der Waals surface area contributed by atoms with Crippen LogP contribution in [-0.4, -0.2) is 80.0 Å². The Kier molecular flexibility index (Phi) is 7.24. The zero-order valence-corrected chi connectivity index (χ0v) is 14.5. The summed E-state index contributed by atoms with van der Waals surface area (Å²) >= 11 is 0. The lowest BCUT2D eigenvalue weighted by Gasteiger charge is -2.34. The molecule has 1 N–H and O–H groups in total. The van der Waals surface area contributed by atoms with Crippen molar-refractivity contribution in [3.05, 3.63) is 29.8 Å². The Bertz CT molecular complexity index is 598. The van der Waals surface area contributed by atoms with Crippen LogP contribution >= 0.6 is 0 Å². The molecule has 0 radical (unpaired) electrons. The van der Waals surface area contributed by atoms with Crippen LogP contribution in [0, 0.1) is 0 Å². The van der Waals surface area contributed by atoms with Crippen molar-refractivity contribution < 1.29 is 32.5 Å². The lowest BCUT2D eigenvalue weighted by atomic mass is 10.2. The number of aliphatic carboxylic acids is 1. The van der Waals surface area contributed by atoms with Crippen LogP contribution in [0.15, 0.2) is 24.3 Å². The minimum Gasteiger partial charge on any atom is -0.492 e. The van der Waals surface area contributed by atoms with E-state index in [9.17, 15) is 18.0 Å². The van der Waals surface area contributed by atoms with E-state index < -0.39 is 17.7 Å². The fourth-order valence-electron chi connectivity index (χ4n) is 2.85. The van der Waals surface area contributed by atoms with Gasteiger partial charge in [0.2, 0.25) is 0 Å². The van der Waals surface area contributed by atoms with Crippen molar-refractivity contribution in [2.45, 2.75) is 12.3 Å². The largest absolute Gasteiger partial charge is 0.492 e. The van der Waals surface area contributed by atoms with E-state index in [1.165, 1.54) is 18.2 Å². The molecule has 146 valence electrons. The monoisotopic (exact) mass is 376 g/mol. The fraction of sp³-hybridized carbons (Fsp3) is 0.588. The van der Waals surface area contributed by atoms with E-state index in [1.54, 1.807) is 11.9 Å². The SMILES string of the molecule is CN(CC(=O)O)CC1CN(CCOc2ccccc2C(F)(F)F)CCO1. The number of likely N-dealkylation sites (N-methyl/N-ethyl adjacent to an activating group) is 1. The molecule has 6 nitrogen and oxygen atoms in total. The number of carbonyl (C=O) groups is 1. The van der Waals surface area contributed by atoms with Crippen LogP contribution in [0.4, 0.5) is 13.2 Å². The van der Waals surface area contributed by atoms with Gasteiger partial charge >= 0.3 is 12.1 Å². The third-order valence-corrected chi connectivity index (χ3v) is 4.00. The normalized spacial score (nSPS) is 18.9. The van der Waals surface area contributed by atoms with Gasteiger partial charge in [0, 0.05) is 26.2 Å². The number of benzene rings is 1. The highest BCUT2D eigenvalue weighted by Gasteiger charge is 2.34. The van der Waals surface area contributed by atoms with Crippen molar-refractivity contribution in [1.29, 1.82) is 0 Å². The number of halogens is 3. The van der Waals surface area contributed by atoms with Crippen molar-refractivity contribution in [2.75, 3.05) is 53.0 Å². The number of para-hydroxylation sites is 1. The summed E-state index contributed by atoms with van der Waals surface area (Å²) in [5, 5.41) is 8.78. The van der Waals surface area contributed by atoms with Crippen molar-refractivity contribution >= 4 is 5.97 Å². The van der Waals surface area contributed by atoms with E-state index >= 15 is 0 Å². The first-order valence-corrected chi connectivity index (χ1v) is 8.29. The van der Waals surface area contributed by atoms with Crippen LogP contribution in [0.1, 0.15) is 5.56 Å². The average molecular weight is 376 g/mol. The van der Waals surface area contributed by atoms with E-state index in [0.717, 1.165) is 6.07 Å². The molecular formula is C17H23F3N2O4. The molecule has 0 aliphatic carbocycles. The summed E-state index contributed by atoms with van der Waals surface area (Å²) in [6.07, 6.45) is -4.59. The van der Waals surface area contributed by atoms with Crippen LogP contribution in [0.5, 0.6) is 5.75 Å². The lowest BCUT2D eigenvalue weighted by molar-refractivity contribution is -0.139. The Labute approximate surface area is 150 Å². The van der Waals surface area contributed by atoms with Gasteiger partial charge < -0.3 is 14.6 Å². The second kappa shape index (κ2) is 9.20. The molecule has 26 heavy (non-hydrogen) atoms. The van der Waals surface area contributed by atoms with E-state index in [-0.39, 0.29) is 25.0 Å². The molecule has 0 saturated carbocycles. The average Bonchev–Trinajstić information content (AvgIpc) is 2.54. The number of hydrogen-bond acceptors (Lipinski definition) is 5. The summed E-state index contributed by atoms with van der Waals surface area (Å²) in [6, 6.07) is 5.15. The van der Waals surface area contributed by atoms with Gasteiger partial charge in [-0.2, -0.15) is 13.2 Å². The van der Waals surface area contributed by atoms with Gasteiger partial charge in [-0.1, -0.05) is 12.1 Å². The zero-order valence-electron chi connectivity index (χ0n) is 14.5. The molecule has 1 aliphatic rings. The number of carboxylic acid groups (broad SMARTS) is 1. The maximum Gasteiger partial charge on any atom is 0.419 e. The number of nitrogens with zero attached hydrogens (tertiary/aromatic N) is 2. The number of hydrogen-bond donors (Lipinski definition) is 1. The zero-order chi connectivity index (χ0) is 19.2. The Hall–Kier alpha value is -1.84. The summed E-state index contributed by atoms with van der Waals surface area (Å²) in [5.41, 5.74) is -0.782. The minimum absolute atomic E-state index is 0.0722. The third-order valence-electron chi connectivity index (χ3n) is 4.00. The topological polar surface area (TPSA) is 62.2 Å². The molecule has 0 amide bonds. The molecular weight excluding hydrogens is 353 g/mol. The second-order valence-corrected chi connectivity index (χ2v) is 6.23. The lowest BCUT2D eigenvalue weighted by Crippen LogP contribution is -2.48. The van der Waals surface area contributed by atoms with Gasteiger partial charge in [-0.15, -0.1) is 0 Å². The molecule has 2 rings (SSSR count). The molecule has 1 aliphatic heterocycles. The van der Waals surface area contributed by atoms with Crippen LogP contribution in [0.3, 0.4) is 0 Å². The number of ether oxygens (including phenoxy) is 2. The molecule has 1 aromatic carbocycles. The molecule has 9 heteroatoms.